The van der Waals surface area contributed by atoms with Gasteiger partial charge in [-0.2, -0.15) is 0 Å². The van der Waals surface area contributed by atoms with E-state index in [4.69, 9.17) is 9.05 Å². The third kappa shape index (κ3) is 4.37. The summed E-state index contributed by atoms with van der Waals surface area (Å²) in [5.41, 5.74) is 1.39. The van der Waals surface area contributed by atoms with Crippen molar-refractivity contribution in [3.63, 3.8) is 0 Å². The number of hydrogen-bond acceptors (Lipinski definition) is 4. The predicted molar refractivity (Wildman–Crippen MR) is 71.0 cm³/mol. The topological polar surface area (TPSA) is 52.6 Å². The van der Waals surface area contributed by atoms with Crippen LogP contribution in [0.25, 0.3) is 0 Å². The van der Waals surface area contributed by atoms with Crippen molar-refractivity contribution < 1.29 is 18.4 Å². The Hall–Kier alpha value is -0.960. The number of ketones is 1. The van der Waals surface area contributed by atoms with Crippen LogP contribution in [0.1, 0.15) is 36.7 Å². The molecule has 0 saturated carbocycles. The molecular weight excluding hydrogens is 251 g/mol. The standard InChI is InChI=1S/C13H19O4P/c1-4-16-18(15,17-5-2)10-12-7-6-8-13(9-12)11(3)14/h6-9H,4-5,10H2,1-3H3. The third-order valence-electron chi connectivity index (χ3n) is 2.36. The molecular formula is C13H19O4P. The normalized spacial score (nSPS) is 11.5. The Kier molecular flexibility index (Phi) is 5.73. The molecule has 0 saturated heterocycles. The molecule has 0 aliphatic carbocycles. The van der Waals surface area contributed by atoms with Gasteiger partial charge < -0.3 is 9.05 Å². The fraction of sp³-hybridized carbons (Fsp3) is 0.462. The Morgan fingerprint density at radius 2 is 1.83 bits per heavy atom. The molecule has 5 heteroatoms. The summed E-state index contributed by atoms with van der Waals surface area (Å²) in [6, 6.07) is 7.05. The summed E-state index contributed by atoms with van der Waals surface area (Å²) in [6.07, 6.45) is 0.190. The zero-order chi connectivity index (χ0) is 13.6. The Morgan fingerprint density at radius 3 is 2.33 bits per heavy atom. The van der Waals surface area contributed by atoms with E-state index in [-0.39, 0.29) is 11.9 Å². The monoisotopic (exact) mass is 270 g/mol. The fourth-order valence-corrected chi connectivity index (χ4v) is 3.32. The zero-order valence-corrected chi connectivity index (χ0v) is 11.9. The van der Waals surface area contributed by atoms with E-state index >= 15 is 0 Å². The van der Waals surface area contributed by atoms with Gasteiger partial charge in [0.05, 0.1) is 19.4 Å². The highest BCUT2D eigenvalue weighted by molar-refractivity contribution is 7.53. The van der Waals surface area contributed by atoms with Crippen LogP contribution in [0.4, 0.5) is 0 Å². The molecule has 18 heavy (non-hydrogen) atoms. The average Bonchev–Trinajstić information content (AvgIpc) is 2.29. The van der Waals surface area contributed by atoms with E-state index in [0.29, 0.717) is 18.8 Å². The van der Waals surface area contributed by atoms with Crippen LogP contribution in [0.2, 0.25) is 0 Å². The summed E-state index contributed by atoms with van der Waals surface area (Å²) in [6.45, 7) is 5.73. The number of rotatable bonds is 7. The van der Waals surface area contributed by atoms with Gasteiger partial charge in [0.25, 0.3) is 0 Å². The van der Waals surface area contributed by atoms with E-state index in [1.807, 2.05) is 6.07 Å². The lowest BCUT2D eigenvalue weighted by molar-refractivity contribution is 0.101. The Balaban J connectivity index is 2.90. The van der Waals surface area contributed by atoms with Crippen molar-refractivity contribution in [3.8, 4) is 0 Å². The summed E-state index contributed by atoms with van der Waals surface area (Å²) in [4.78, 5) is 11.3. The Morgan fingerprint density at radius 1 is 1.22 bits per heavy atom. The molecule has 100 valence electrons. The first-order valence-corrected chi connectivity index (χ1v) is 7.71. The number of carbonyl (C=O) groups excluding carboxylic acids is 1. The Bertz CT molecular complexity index is 446. The first-order valence-electron chi connectivity index (χ1n) is 5.98. The molecule has 0 aromatic heterocycles. The van der Waals surface area contributed by atoms with E-state index < -0.39 is 7.60 Å². The molecule has 0 heterocycles. The molecule has 0 aliphatic heterocycles. The quantitative estimate of drug-likeness (QED) is 0.560. The molecule has 1 aromatic carbocycles. The molecule has 0 spiro atoms. The van der Waals surface area contributed by atoms with E-state index in [0.717, 1.165) is 5.56 Å². The minimum atomic E-state index is -3.10. The smallest absolute Gasteiger partial charge is 0.309 e. The lowest BCUT2D eigenvalue weighted by Gasteiger charge is -2.17. The van der Waals surface area contributed by atoms with Gasteiger partial charge in [-0.1, -0.05) is 18.2 Å². The van der Waals surface area contributed by atoms with Crippen LogP contribution >= 0.6 is 7.60 Å². The summed E-state index contributed by atoms with van der Waals surface area (Å²) >= 11 is 0. The van der Waals surface area contributed by atoms with Gasteiger partial charge >= 0.3 is 7.60 Å². The van der Waals surface area contributed by atoms with Gasteiger partial charge in [0, 0.05) is 5.56 Å². The summed E-state index contributed by atoms with van der Waals surface area (Å²) in [5.74, 6) is -0.0143. The minimum absolute atomic E-state index is 0.0143. The zero-order valence-electron chi connectivity index (χ0n) is 11.0. The second-order valence-corrected chi connectivity index (χ2v) is 5.92. The highest BCUT2D eigenvalue weighted by Gasteiger charge is 2.24. The lowest BCUT2D eigenvalue weighted by atomic mass is 10.1. The average molecular weight is 270 g/mol. The van der Waals surface area contributed by atoms with Crippen molar-refractivity contribution in [2.75, 3.05) is 13.2 Å². The van der Waals surface area contributed by atoms with E-state index in [2.05, 4.69) is 0 Å². The molecule has 4 nitrogen and oxygen atoms in total. The highest BCUT2D eigenvalue weighted by Crippen LogP contribution is 2.51. The van der Waals surface area contributed by atoms with Gasteiger partial charge in [-0.3, -0.25) is 9.36 Å². The van der Waals surface area contributed by atoms with Gasteiger partial charge in [-0.05, 0) is 32.4 Å². The molecule has 0 radical (unpaired) electrons. The van der Waals surface area contributed by atoms with Gasteiger partial charge in [-0.15, -0.1) is 0 Å². The lowest BCUT2D eigenvalue weighted by Crippen LogP contribution is -2.00. The second kappa shape index (κ2) is 6.83. The fourth-order valence-electron chi connectivity index (χ4n) is 1.63. The van der Waals surface area contributed by atoms with Crippen LogP contribution < -0.4 is 0 Å². The summed E-state index contributed by atoms with van der Waals surface area (Å²) in [5, 5.41) is 0. The van der Waals surface area contributed by atoms with Crippen molar-refractivity contribution in [2.24, 2.45) is 0 Å². The summed E-state index contributed by atoms with van der Waals surface area (Å²) in [7, 11) is -3.10. The third-order valence-corrected chi connectivity index (χ3v) is 4.42. The molecule has 0 fully saturated rings. The minimum Gasteiger partial charge on any atom is -0.309 e. The molecule has 1 rings (SSSR count). The van der Waals surface area contributed by atoms with E-state index in [9.17, 15) is 9.36 Å². The summed E-state index contributed by atoms with van der Waals surface area (Å²) < 4.78 is 22.8. The first-order chi connectivity index (χ1) is 8.50. The van der Waals surface area contributed by atoms with Crippen molar-refractivity contribution in [3.05, 3.63) is 35.4 Å². The SMILES string of the molecule is CCOP(=O)(Cc1cccc(C(C)=O)c1)OCC. The van der Waals surface area contributed by atoms with Crippen molar-refractivity contribution in [2.45, 2.75) is 26.9 Å². The van der Waals surface area contributed by atoms with Gasteiger partial charge in [0.2, 0.25) is 0 Å². The van der Waals surface area contributed by atoms with Crippen molar-refractivity contribution in [1.29, 1.82) is 0 Å². The maximum absolute atomic E-state index is 12.3. The van der Waals surface area contributed by atoms with E-state index in [1.165, 1.54) is 6.92 Å². The highest BCUT2D eigenvalue weighted by atomic mass is 31.2. The van der Waals surface area contributed by atoms with Crippen LogP contribution in [0.3, 0.4) is 0 Å². The maximum atomic E-state index is 12.3. The first kappa shape index (κ1) is 15.1. The van der Waals surface area contributed by atoms with Gasteiger partial charge in [0.15, 0.2) is 5.78 Å². The number of Topliss-reactive ketones (excluding diaryl/α,β-unsaturated/α-hetero) is 1. The number of carbonyl (C=O) groups is 1. The van der Waals surface area contributed by atoms with Crippen LogP contribution in [0.15, 0.2) is 24.3 Å². The van der Waals surface area contributed by atoms with E-state index in [1.54, 1.807) is 32.0 Å². The van der Waals surface area contributed by atoms with Crippen LogP contribution in [-0.4, -0.2) is 19.0 Å². The molecule has 1 aromatic rings. The van der Waals surface area contributed by atoms with Crippen LogP contribution in [0, 0.1) is 0 Å². The molecule has 0 atom stereocenters. The molecule has 0 amide bonds. The van der Waals surface area contributed by atoms with Gasteiger partial charge in [-0.25, -0.2) is 0 Å². The van der Waals surface area contributed by atoms with Crippen molar-refractivity contribution in [1.82, 2.24) is 0 Å². The maximum Gasteiger partial charge on any atom is 0.335 e. The largest absolute Gasteiger partial charge is 0.335 e. The molecule has 0 bridgehead atoms. The van der Waals surface area contributed by atoms with Crippen LogP contribution in [-0.2, 0) is 19.8 Å². The second-order valence-electron chi connectivity index (χ2n) is 3.86. The Labute approximate surface area is 108 Å². The number of benzene rings is 1. The number of hydrogen-bond donors (Lipinski definition) is 0. The van der Waals surface area contributed by atoms with Crippen LogP contribution in [0.5, 0.6) is 0 Å². The molecule has 0 unspecified atom stereocenters. The van der Waals surface area contributed by atoms with Gasteiger partial charge in [0.1, 0.15) is 0 Å². The van der Waals surface area contributed by atoms with Crippen molar-refractivity contribution >= 4 is 13.4 Å². The molecule has 0 aliphatic rings. The molecule has 0 N–H and O–H groups in total. The predicted octanol–water partition coefficient (Wildman–Crippen LogP) is 3.66.